The van der Waals surface area contributed by atoms with Crippen molar-refractivity contribution in [2.45, 2.75) is 26.2 Å². The summed E-state index contributed by atoms with van der Waals surface area (Å²) in [6.07, 6.45) is 0.912. The second-order valence-electron chi connectivity index (χ2n) is 5.46. The van der Waals surface area contributed by atoms with Gasteiger partial charge in [0.05, 0.1) is 20.7 Å². The molecule has 0 saturated heterocycles. The first-order chi connectivity index (χ1) is 7.92. The first kappa shape index (κ1) is 13.9. The van der Waals surface area contributed by atoms with Gasteiger partial charge in [-0.3, -0.25) is 4.90 Å². The van der Waals surface area contributed by atoms with E-state index in [1.807, 2.05) is 11.0 Å². The molecular formula is C13H19FN2Si. The maximum Gasteiger partial charge on any atom is 0.127 e. The molecule has 0 N–H and O–H groups in total. The molecule has 1 rings (SSSR count). The van der Waals surface area contributed by atoms with Crippen molar-refractivity contribution in [1.29, 1.82) is 5.26 Å². The van der Waals surface area contributed by atoms with Gasteiger partial charge in [-0.15, -0.1) is 0 Å². The van der Waals surface area contributed by atoms with Gasteiger partial charge >= 0.3 is 0 Å². The van der Waals surface area contributed by atoms with Crippen molar-refractivity contribution in [3.63, 3.8) is 0 Å². The topological polar surface area (TPSA) is 27.0 Å². The number of hydrogen-bond donors (Lipinski definition) is 0. The monoisotopic (exact) mass is 250 g/mol. The maximum absolute atomic E-state index is 13.5. The van der Waals surface area contributed by atoms with E-state index in [0.717, 1.165) is 6.17 Å². The second kappa shape index (κ2) is 5.94. The van der Waals surface area contributed by atoms with Gasteiger partial charge < -0.3 is 0 Å². The third-order valence-electron chi connectivity index (χ3n) is 2.34. The molecule has 4 heteroatoms. The Morgan fingerprint density at radius 3 is 2.47 bits per heavy atom. The molecule has 1 aromatic rings. The van der Waals surface area contributed by atoms with Gasteiger partial charge in [0.25, 0.3) is 0 Å². The van der Waals surface area contributed by atoms with Crippen molar-refractivity contribution in [2.75, 3.05) is 12.7 Å². The molecule has 0 bridgehead atoms. The Hall–Kier alpha value is -1.18. The molecule has 0 aliphatic carbocycles. The normalized spacial score (nSPS) is 11.5. The molecule has 0 aromatic heterocycles. The summed E-state index contributed by atoms with van der Waals surface area (Å²) in [5, 5.41) is 8.81. The van der Waals surface area contributed by atoms with Crippen LogP contribution in [0.15, 0.2) is 24.3 Å². The number of halogens is 1. The first-order valence-electron chi connectivity index (χ1n) is 5.75. The quantitative estimate of drug-likeness (QED) is 0.593. The van der Waals surface area contributed by atoms with Gasteiger partial charge in [-0.1, -0.05) is 37.8 Å². The standard InChI is InChI=1S/C13H19FN2Si/c1-17(2,3)11-16(9-8-15)10-12-6-4-5-7-13(12)14/h4-7H,9-11H2,1-3H3. The van der Waals surface area contributed by atoms with Gasteiger partial charge in [-0.25, -0.2) is 4.39 Å². The van der Waals surface area contributed by atoms with Crippen LogP contribution in [-0.4, -0.2) is 25.7 Å². The summed E-state index contributed by atoms with van der Waals surface area (Å²) >= 11 is 0. The van der Waals surface area contributed by atoms with E-state index in [1.54, 1.807) is 12.1 Å². The molecule has 0 radical (unpaired) electrons. The molecule has 0 amide bonds. The molecule has 0 saturated carbocycles. The SMILES string of the molecule is C[Si](C)(C)CN(CC#N)Cc1ccccc1F. The van der Waals surface area contributed by atoms with Gasteiger partial charge in [0.15, 0.2) is 0 Å². The van der Waals surface area contributed by atoms with Crippen LogP contribution in [0.2, 0.25) is 19.6 Å². The van der Waals surface area contributed by atoms with E-state index >= 15 is 0 Å². The van der Waals surface area contributed by atoms with Crippen LogP contribution in [0, 0.1) is 17.1 Å². The van der Waals surface area contributed by atoms with Crippen LogP contribution in [0.5, 0.6) is 0 Å². The fourth-order valence-corrected chi connectivity index (χ4v) is 3.37. The molecule has 0 fully saturated rings. The van der Waals surface area contributed by atoms with E-state index < -0.39 is 8.07 Å². The summed E-state index contributed by atoms with van der Waals surface area (Å²) in [6, 6.07) is 8.92. The Balaban J connectivity index is 2.74. The lowest BCUT2D eigenvalue weighted by atomic mass is 10.2. The van der Waals surface area contributed by atoms with Crippen LogP contribution in [0.1, 0.15) is 5.56 Å². The number of nitrogens with zero attached hydrogens (tertiary/aromatic N) is 2. The molecule has 0 spiro atoms. The zero-order valence-electron chi connectivity index (χ0n) is 10.7. The van der Waals surface area contributed by atoms with E-state index in [1.165, 1.54) is 6.07 Å². The van der Waals surface area contributed by atoms with E-state index in [0.29, 0.717) is 18.7 Å². The highest BCUT2D eigenvalue weighted by atomic mass is 28.3. The number of benzene rings is 1. The van der Waals surface area contributed by atoms with Gasteiger partial charge in [-0.05, 0) is 12.2 Å². The predicted molar refractivity (Wildman–Crippen MR) is 70.6 cm³/mol. The highest BCUT2D eigenvalue weighted by molar-refractivity contribution is 6.76. The first-order valence-corrected chi connectivity index (χ1v) is 9.46. The molecule has 0 aliphatic heterocycles. The zero-order valence-corrected chi connectivity index (χ0v) is 11.7. The van der Waals surface area contributed by atoms with Crippen molar-refractivity contribution in [3.8, 4) is 6.07 Å². The van der Waals surface area contributed by atoms with Crippen LogP contribution < -0.4 is 0 Å². The number of hydrogen-bond acceptors (Lipinski definition) is 2. The second-order valence-corrected chi connectivity index (χ2v) is 10.9. The molecule has 1 aromatic carbocycles. The van der Waals surface area contributed by atoms with Gasteiger partial charge in [-0.2, -0.15) is 5.26 Å². The minimum atomic E-state index is -1.28. The fourth-order valence-electron chi connectivity index (χ4n) is 1.81. The summed E-state index contributed by atoms with van der Waals surface area (Å²) in [4.78, 5) is 2.03. The van der Waals surface area contributed by atoms with Crippen molar-refractivity contribution in [1.82, 2.24) is 4.90 Å². The molecule has 0 unspecified atom stereocenters. The molecule has 92 valence electrons. The maximum atomic E-state index is 13.5. The zero-order chi connectivity index (χ0) is 12.9. The Bertz CT molecular complexity index is 407. The Morgan fingerprint density at radius 2 is 1.94 bits per heavy atom. The minimum Gasteiger partial charge on any atom is -0.289 e. The van der Waals surface area contributed by atoms with Crippen molar-refractivity contribution in [3.05, 3.63) is 35.6 Å². The van der Waals surface area contributed by atoms with Gasteiger partial charge in [0.1, 0.15) is 5.82 Å². The van der Waals surface area contributed by atoms with E-state index in [9.17, 15) is 4.39 Å². The molecule has 0 aliphatic rings. The molecule has 17 heavy (non-hydrogen) atoms. The number of nitriles is 1. The summed E-state index contributed by atoms with van der Waals surface area (Å²) in [6.45, 7) is 7.62. The molecule has 0 atom stereocenters. The largest absolute Gasteiger partial charge is 0.289 e. The van der Waals surface area contributed by atoms with E-state index in [4.69, 9.17) is 5.26 Å². The lowest BCUT2D eigenvalue weighted by Gasteiger charge is -2.26. The predicted octanol–water partition coefficient (Wildman–Crippen LogP) is 3.03. The van der Waals surface area contributed by atoms with Crippen LogP contribution in [0.4, 0.5) is 4.39 Å². The van der Waals surface area contributed by atoms with Crippen LogP contribution in [0.25, 0.3) is 0 Å². The average Bonchev–Trinajstić information content (AvgIpc) is 2.19. The summed E-state index contributed by atoms with van der Waals surface area (Å²) in [5.41, 5.74) is 0.668. The highest BCUT2D eigenvalue weighted by Crippen LogP contribution is 2.12. The Labute approximate surface area is 104 Å². The van der Waals surface area contributed by atoms with Crippen molar-refractivity contribution >= 4 is 8.07 Å². The summed E-state index contributed by atoms with van der Waals surface area (Å²) in [5.74, 6) is -0.189. The number of rotatable bonds is 5. The van der Waals surface area contributed by atoms with E-state index in [2.05, 4.69) is 25.7 Å². The van der Waals surface area contributed by atoms with E-state index in [-0.39, 0.29) is 5.82 Å². The van der Waals surface area contributed by atoms with Crippen molar-refractivity contribution < 1.29 is 4.39 Å². The van der Waals surface area contributed by atoms with Gasteiger partial charge in [0, 0.05) is 12.1 Å². The summed E-state index contributed by atoms with van der Waals surface area (Å²) in [7, 11) is -1.28. The Morgan fingerprint density at radius 1 is 1.29 bits per heavy atom. The molecule has 0 heterocycles. The van der Waals surface area contributed by atoms with Gasteiger partial charge in [0.2, 0.25) is 0 Å². The van der Waals surface area contributed by atoms with Crippen molar-refractivity contribution in [2.24, 2.45) is 0 Å². The van der Waals surface area contributed by atoms with Crippen LogP contribution >= 0.6 is 0 Å². The average molecular weight is 250 g/mol. The molecular weight excluding hydrogens is 231 g/mol. The minimum absolute atomic E-state index is 0.189. The fraction of sp³-hybridized carbons (Fsp3) is 0.462. The lowest BCUT2D eigenvalue weighted by Crippen LogP contribution is -2.40. The summed E-state index contributed by atoms with van der Waals surface area (Å²) < 4.78 is 13.5. The highest BCUT2D eigenvalue weighted by Gasteiger charge is 2.19. The molecule has 2 nitrogen and oxygen atoms in total. The Kier molecular flexibility index (Phi) is 4.85. The smallest absolute Gasteiger partial charge is 0.127 e. The third kappa shape index (κ3) is 5.11. The van der Waals surface area contributed by atoms with Crippen LogP contribution in [0.3, 0.4) is 0 Å². The third-order valence-corrected chi connectivity index (χ3v) is 3.74. The van der Waals surface area contributed by atoms with Crippen LogP contribution in [-0.2, 0) is 6.54 Å². The lowest BCUT2D eigenvalue weighted by molar-refractivity contribution is 0.335.